The Balaban J connectivity index is 0.00000289. The number of methoxy groups -OCH3 is 1. The first-order valence-electron chi connectivity index (χ1n) is 10.6. The van der Waals surface area contributed by atoms with Gasteiger partial charge in [0.2, 0.25) is 0 Å². The highest BCUT2D eigenvalue weighted by atomic mass is 127. The van der Waals surface area contributed by atoms with E-state index >= 15 is 0 Å². The maximum Gasteiger partial charge on any atom is 0.191 e. The molecule has 32 heavy (non-hydrogen) atoms. The van der Waals surface area contributed by atoms with Crippen molar-refractivity contribution in [2.45, 2.75) is 12.6 Å². The quantitative estimate of drug-likeness (QED) is 0.254. The Bertz CT molecular complexity index is 1010. The van der Waals surface area contributed by atoms with Gasteiger partial charge in [-0.25, -0.2) is 0 Å². The topological polar surface area (TPSA) is 58.1 Å². The SMILES string of the molecule is CN=C(NCc1ccc2cc(OC)ccc2c1)NCC(c1cccs1)N1CCOCC1.I. The molecule has 8 heteroatoms. The molecule has 1 unspecified atom stereocenters. The zero-order chi connectivity index (χ0) is 21.5. The summed E-state index contributed by atoms with van der Waals surface area (Å²) in [6.07, 6.45) is 0. The Morgan fingerprint density at radius 2 is 1.91 bits per heavy atom. The molecule has 2 aromatic carbocycles. The third kappa shape index (κ3) is 6.34. The van der Waals surface area contributed by atoms with Gasteiger partial charge < -0.3 is 20.1 Å². The Morgan fingerprint density at radius 3 is 2.62 bits per heavy atom. The molecule has 2 N–H and O–H groups in total. The number of guanidine groups is 1. The molecule has 4 rings (SSSR count). The monoisotopic (exact) mass is 566 g/mol. The van der Waals surface area contributed by atoms with E-state index in [-0.39, 0.29) is 24.0 Å². The van der Waals surface area contributed by atoms with Gasteiger partial charge in [0.15, 0.2) is 5.96 Å². The lowest BCUT2D eigenvalue weighted by Gasteiger charge is -2.34. The lowest BCUT2D eigenvalue weighted by atomic mass is 10.1. The predicted octanol–water partition coefficient (Wildman–Crippen LogP) is 4.27. The first-order valence-corrected chi connectivity index (χ1v) is 11.5. The minimum Gasteiger partial charge on any atom is -0.497 e. The molecule has 0 amide bonds. The van der Waals surface area contributed by atoms with Gasteiger partial charge in [0.1, 0.15) is 5.75 Å². The predicted molar refractivity (Wildman–Crippen MR) is 144 cm³/mol. The molecule has 0 spiro atoms. The molecule has 172 valence electrons. The molecule has 6 nitrogen and oxygen atoms in total. The van der Waals surface area contributed by atoms with Crippen LogP contribution in [-0.4, -0.2) is 57.9 Å². The van der Waals surface area contributed by atoms with Crippen LogP contribution in [0.5, 0.6) is 5.75 Å². The van der Waals surface area contributed by atoms with E-state index in [4.69, 9.17) is 9.47 Å². The van der Waals surface area contributed by atoms with Gasteiger partial charge in [-0.1, -0.05) is 24.3 Å². The van der Waals surface area contributed by atoms with Crippen LogP contribution in [0.4, 0.5) is 0 Å². The van der Waals surface area contributed by atoms with Crippen LogP contribution in [0, 0.1) is 0 Å². The van der Waals surface area contributed by atoms with Gasteiger partial charge >= 0.3 is 0 Å². The van der Waals surface area contributed by atoms with E-state index < -0.39 is 0 Å². The van der Waals surface area contributed by atoms with Crippen LogP contribution in [-0.2, 0) is 11.3 Å². The molecule has 1 aromatic heterocycles. The van der Waals surface area contributed by atoms with Crippen molar-refractivity contribution in [3.63, 3.8) is 0 Å². The zero-order valence-corrected chi connectivity index (χ0v) is 21.7. The highest BCUT2D eigenvalue weighted by molar-refractivity contribution is 14.0. The maximum atomic E-state index is 5.54. The molecule has 3 aromatic rings. The van der Waals surface area contributed by atoms with Gasteiger partial charge in [0, 0.05) is 38.1 Å². The number of rotatable bonds is 7. The number of hydrogen-bond acceptors (Lipinski definition) is 5. The van der Waals surface area contributed by atoms with Crippen LogP contribution in [0.2, 0.25) is 0 Å². The maximum absolute atomic E-state index is 5.54. The Hall–Kier alpha value is -1.88. The van der Waals surface area contributed by atoms with E-state index in [1.165, 1.54) is 21.2 Å². The number of hydrogen-bond donors (Lipinski definition) is 2. The average molecular weight is 567 g/mol. The van der Waals surface area contributed by atoms with Crippen LogP contribution >= 0.6 is 35.3 Å². The second-order valence-electron chi connectivity index (χ2n) is 7.53. The lowest BCUT2D eigenvalue weighted by Crippen LogP contribution is -2.46. The molecule has 0 saturated carbocycles. The summed E-state index contributed by atoms with van der Waals surface area (Å²) in [6.45, 7) is 5.02. The van der Waals surface area contributed by atoms with Crippen molar-refractivity contribution in [3.05, 3.63) is 64.4 Å². The normalized spacial score (nSPS) is 15.8. The van der Waals surface area contributed by atoms with Crippen LogP contribution in [0.3, 0.4) is 0 Å². The molecule has 2 heterocycles. The summed E-state index contributed by atoms with van der Waals surface area (Å²) in [6, 6.07) is 17.3. The van der Waals surface area contributed by atoms with Crippen molar-refractivity contribution < 1.29 is 9.47 Å². The van der Waals surface area contributed by atoms with Crippen LogP contribution in [0.25, 0.3) is 10.8 Å². The van der Waals surface area contributed by atoms with E-state index in [9.17, 15) is 0 Å². The number of nitrogens with one attached hydrogen (secondary N) is 2. The molecular formula is C24H31IN4O2S. The fourth-order valence-corrected chi connectivity index (χ4v) is 4.75. The highest BCUT2D eigenvalue weighted by Crippen LogP contribution is 2.25. The number of fused-ring (bicyclic) bond motifs is 1. The minimum absolute atomic E-state index is 0. The fraction of sp³-hybridized carbons (Fsp3) is 0.375. The molecular weight excluding hydrogens is 535 g/mol. The van der Waals surface area contributed by atoms with Crippen LogP contribution in [0.15, 0.2) is 58.9 Å². The van der Waals surface area contributed by atoms with Crippen molar-refractivity contribution in [1.82, 2.24) is 15.5 Å². The lowest BCUT2D eigenvalue weighted by molar-refractivity contribution is 0.0177. The molecule has 1 fully saturated rings. The average Bonchev–Trinajstić information content (AvgIpc) is 3.36. The van der Waals surface area contributed by atoms with Gasteiger partial charge in [-0.15, -0.1) is 35.3 Å². The van der Waals surface area contributed by atoms with Crippen molar-refractivity contribution in [1.29, 1.82) is 0 Å². The molecule has 1 aliphatic rings. The van der Waals surface area contributed by atoms with E-state index in [0.717, 1.165) is 44.6 Å². The molecule has 0 bridgehead atoms. The Morgan fingerprint density at radius 1 is 1.12 bits per heavy atom. The second-order valence-corrected chi connectivity index (χ2v) is 8.51. The van der Waals surface area contributed by atoms with Crippen molar-refractivity contribution in [2.24, 2.45) is 4.99 Å². The van der Waals surface area contributed by atoms with E-state index in [0.29, 0.717) is 12.6 Å². The van der Waals surface area contributed by atoms with Crippen molar-refractivity contribution >= 4 is 52.0 Å². The number of thiophene rings is 1. The molecule has 1 atom stereocenters. The number of morpholine rings is 1. The van der Waals surface area contributed by atoms with Crippen LogP contribution < -0.4 is 15.4 Å². The summed E-state index contributed by atoms with van der Waals surface area (Å²) in [5.74, 6) is 1.69. The van der Waals surface area contributed by atoms with Crippen molar-refractivity contribution in [2.75, 3.05) is 47.0 Å². The summed E-state index contributed by atoms with van der Waals surface area (Å²) in [4.78, 5) is 8.29. The second kappa shape index (κ2) is 12.4. The summed E-state index contributed by atoms with van der Waals surface area (Å²) < 4.78 is 10.9. The summed E-state index contributed by atoms with van der Waals surface area (Å²) >= 11 is 1.81. The van der Waals surface area contributed by atoms with Gasteiger partial charge in [0.25, 0.3) is 0 Å². The van der Waals surface area contributed by atoms with Gasteiger partial charge in [0.05, 0.1) is 26.4 Å². The number of halogens is 1. The van der Waals surface area contributed by atoms with Gasteiger partial charge in [-0.2, -0.15) is 0 Å². The summed E-state index contributed by atoms with van der Waals surface area (Å²) in [5.41, 5.74) is 1.21. The third-order valence-corrected chi connectivity index (χ3v) is 6.59. The highest BCUT2D eigenvalue weighted by Gasteiger charge is 2.23. The third-order valence-electron chi connectivity index (χ3n) is 5.62. The first kappa shape index (κ1) is 24.8. The molecule has 1 saturated heterocycles. The number of aliphatic imine (C=N–C) groups is 1. The van der Waals surface area contributed by atoms with E-state index in [1.807, 2.05) is 13.1 Å². The minimum atomic E-state index is 0. The van der Waals surface area contributed by atoms with E-state index in [1.54, 1.807) is 18.4 Å². The number of nitrogens with zero attached hydrogens (tertiary/aromatic N) is 2. The van der Waals surface area contributed by atoms with Crippen LogP contribution in [0.1, 0.15) is 16.5 Å². The molecule has 0 aliphatic carbocycles. The number of benzene rings is 2. The van der Waals surface area contributed by atoms with E-state index in [2.05, 4.69) is 68.4 Å². The number of ether oxygens (including phenoxy) is 2. The molecule has 0 radical (unpaired) electrons. The van der Waals surface area contributed by atoms with Gasteiger partial charge in [-0.05, 0) is 46.0 Å². The van der Waals surface area contributed by atoms with Crippen molar-refractivity contribution in [3.8, 4) is 5.75 Å². The summed E-state index contributed by atoms with van der Waals surface area (Å²) in [7, 11) is 3.51. The van der Waals surface area contributed by atoms with Gasteiger partial charge in [-0.3, -0.25) is 9.89 Å². The summed E-state index contributed by atoms with van der Waals surface area (Å²) in [5, 5.41) is 11.5. The molecule has 1 aliphatic heterocycles. The Labute approximate surface area is 211 Å². The first-order chi connectivity index (χ1) is 15.3. The standard InChI is InChI=1S/C24H30N4O2S.HI/c1-25-24(26-16-18-5-6-20-15-21(29-2)8-7-19(20)14-18)27-17-22(23-4-3-13-31-23)28-9-11-30-12-10-28;/h3-8,13-15,22H,9-12,16-17H2,1-2H3,(H2,25,26,27);1H. The Kier molecular flexibility index (Phi) is 9.58. The fourth-order valence-electron chi connectivity index (χ4n) is 3.89. The zero-order valence-electron chi connectivity index (χ0n) is 18.5. The largest absolute Gasteiger partial charge is 0.497 e. The smallest absolute Gasteiger partial charge is 0.191 e.